The number of aromatic nitrogens is 3. The molecule has 1 aromatic heterocycles. The van der Waals surface area contributed by atoms with Crippen molar-refractivity contribution in [1.82, 2.24) is 20.3 Å². The van der Waals surface area contributed by atoms with Gasteiger partial charge in [-0.25, -0.2) is 0 Å². The minimum absolute atomic E-state index is 0.100. The van der Waals surface area contributed by atoms with Crippen LogP contribution in [0.5, 0.6) is 5.75 Å². The number of carbonyl (C=O) groups excluding carboxylic acids is 2. The number of amides is 2. The fourth-order valence-corrected chi connectivity index (χ4v) is 13.2. The lowest BCUT2D eigenvalue weighted by atomic mass is 9.82. The van der Waals surface area contributed by atoms with Crippen molar-refractivity contribution < 1.29 is 29.0 Å². The van der Waals surface area contributed by atoms with Crippen LogP contribution in [0, 0.1) is 5.92 Å². The number of aryl methyl sites for hydroxylation is 1. The van der Waals surface area contributed by atoms with E-state index in [1.165, 1.54) is 0 Å². The van der Waals surface area contributed by atoms with Gasteiger partial charge in [0.25, 0.3) is 11.8 Å². The van der Waals surface area contributed by atoms with Gasteiger partial charge in [-0.05, 0) is 99.0 Å². The molecule has 4 aromatic carbocycles. The third-order valence-corrected chi connectivity index (χ3v) is 16.2. The van der Waals surface area contributed by atoms with Crippen LogP contribution in [0.3, 0.4) is 0 Å². The number of anilines is 3. The summed E-state index contributed by atoms with van der Waals surface area (Å²) in [6.07, 6.45) is 3.37. The maximum absolute atomic E-state index is 15.2. The number of piperidine rings is 1. The smallest absolute Gasteiger partial charge is 0.264 e. The summed E-state index contributed by atoms with van der Waals surface area (Å²) in [7, 11) is -1.31. The number of aliphatic hydroxyl groups is 1. The van der Waals surface area contributed by atoms with Gasteiger partial charge in [0, 0.05) is 41.1 Å². The van der Waals surface area contributed by atoms with Crippen molar-refractivity contribution in [3.63, 3.8) is 0 Å². The van der Waals surface area contributed by atoms with Crippen LogP contribution >= 0.6 is 0 Å². The van der Waals surface area contributed by atoms with Gasteiger partial charge < -0.3 is 34.5 Å². The number of nitrogens with zero attached hydrogens (tertiary/aromatic N) is 6. The van der Waals surface area contributed by atoms with Crippen LogP contribution in [0.4, 0.5) is 17.1 Å². The van der Waals surface area contributed by atoms with Crippen LogP contribution in [-0.4, -0.2) is 90.1 Å². The Bertz CT molecular complexity index is 2370. The number of rotatable bonds is 12. The highest BCUT2D eigenvalue weighted by atomic mass is 28.4. The average Bonchev–Trinajstić information content (AvgIpc) is 4.00. The SMILES string of the molecule is COc1ccc2c(c1)[C@]1(O[C@@H](CCn3cc(C(CO)c4ccccc4)nn3)[C@H]([Si](C)(C)O)[C@H]1C)C(=O)N2Cc1ccc(N2CN(c3ccccc3)C3(CCNCC3)C2=O)cc1. The number of benzene rings is 4. The molecule has 9 rings (SSSR count). The van der Waals surface area contributed by atoms with Crippen molar-refractivity contribution in [2.75, 3.05) is 48.2 Å². The molecule has 61 heavy (non-hydrogen) atoms. The van der Waals surface area contributed by atoms with E-state index in [1.54, 1.807) is 16.7 Å². The number of aliphatic hydroxyl groups excluding tert-OH is 1. The molecule has 14 heteroatoms. The highest BCUT2D eigenvalue weighted by molar-refractivity contribution is 6.71. The van der Waals surface area contributed by atoms with Crippen molar-refractivity contribution >= 4 is 37.2 Å². The van der Waals surface area contributed by atoms with E-state index in [4.69, 9.17) is 9.47 Å². The van der Waals surface area contributed by atoms with Crippen molar-refractivity contribution in [2.24, 2.45) is 5.92 Å². The predicted molar refractivity (Wildman–Crippen MR) is 236 cm³/mol. The molecule has 4 aliphatic rings. The normalized spacial score (nSPS) is 24.0. The summed E-state index contributed by atoms with van der Waals surface area (Å²) in [5.74, 6) is -0.0964. The number of carbonyl (C=O) groups is 2. The summed E-state index contributed by atoms with van der Waals surface area (Å²) in [5, 5.41) is 22.5. The van der Waals surface area contributed by atoms with Gasteiger partial charge in [0.15, 0.2) is 13.9 Å². The van der Waals surface area contributed by atoms with Crippen LogP contribution in [-0.2, 0) is 33.0 Å². The molecule has 2 spiro atoms. The molecule has 0 radical (unpaired) electrons. The first-order valence-corrected chi connectivity index (χ1v) is 24.4. The van der Waals surface area contributed by atoms with E-state index < -0.39 is 25.6 Å². The number of methoxy groups -OCH3 is 1. The largest absolute Gasteiger partial charge is 0.497 e. The van der Waals surface area contributed by atoms with Gasteiger partial charge in [0.1, 0.15) is 11.3 Å². The lowest BCUT2D eigenvalue weighted by Crippen LogP contribution is -2.55. The molecule has 0 bridgehead atoms. The van der Waals surface area contributed by atoms with Crippen molar-refractivity contribution in [3.05, 3.63) is 132 Å². The molecule has 1 unspecified atom stereocenters. The zero-order valence-electron chi connectivity index (χ0n) is 35.3. The summed E-state index contributed by atoms with van der Waals surface area (Å²) >= 11 is 0. The van der Waals surface area contributed by atoms with E-state index >= 15 is 4.79 Å². The van der Waals surface area contributed by atoms with Gasteiger partial charge in [0.05, 0.1) is 50.3 Å². The Balaban J connectivity index is 0.974. The molecule has 0 saturated carbocycles. The Morgan fingerprint density at radius 1 is 0.934 bits per heavy atom. The lowest BCUT2D eigenvalue weighted by molar-refractivity contribution is -0.146. The summed E-state index contributed by atoms with van der Waals surface area (Å²) < 4.78 is 14.6. The molecule has 3 N–H and O–H groups in total. The molecule has 3 saturated heterocycles. The van der Waals surface area contributed by atoms with Gasteiger partial charge in [-0.15, -0.1) is 5.10 Å². The van der Waals surface area contributed by atoms with Crippen LogP contribution in [0.25, 0.3) is 0 Å². The summed E-state index contributed by atoms with van der Waals surface area (Å²) in [5.41, 5.74) is 3.65. The zero-order chi connectivity index (χ0) is 42.5. The van der Waals surface area contributed by atoms with E-state index in [2.05, 4.69) is 32.7 Å². The third-order valence-electron chi connectivity index (χ3n) is 13.7. The van der Waals surface area contributed by atoms with E-state index in [0.717, 1.165) is 59.7 Å². The highest BCUT2D eigenvalue weighted by Crippen LogP contribution is 2.60. The van der Waals surface area contributed by atoms with Crippen LogP contribution in [0.15, 0.2) is 109 Å². The molecule has 4 aliphatic heterocycles. The average molecular weight is 842 g/mol. The molecule has 5 aromatic rings. The van der Waals surface area contributed by atoms with Gasteiger partial charge in [-0.2, -0.15) is 0 Å². The number of ether oxygens (including phenoxy) is 2. The first-order chi connectivity index (χ1) is 29.5. The Morgan fingerprint density at radius 2 is 1.64 bits per heavy atom. The first-order valence-electron chi connectivity index (χ1n) is 21.4. The van der Waals surface area contributed by atoms with Crippen molar-refractivity contribution in [1.29, 1.82) is 0 Å². The minimum Gasteiger partial charge on any atom is -0.497 e. The molecule has 5 atom stereocenters. The second-order valence-electron chi connectivity index (χ2n) is 17.6. The van der Waals surface area contributed by atoms with Gasteiger partial charge >= 0.3 is 0 Å². The van der Waals surface area contributed by atoms with E-state index in [0.29, 0.717) is 37.6 Å². The van der Waals surface area contributed by atoms with Crippen molar-refractivity contribution in [2.45, 2.75) is 81.1 Å². The maximum atomic E-state index is 15.2. The lowest BCUT2D eigenvalue weighted by Gasteiger charge is -2.39. The Morgan fingerprint density at radius 3 is 2.31 bits per heavy atom. The van der Waals surface area contributed by atoms with Gasteiger partial charge in [0.2, 0.25) is 0 Å². The molecular formula is C47H55N7O6Si. The van der Waals surface area contributed by atoms with Gasteiger partial charge in [-0.3, -0.25) is 19.2 Å². The van der Waals surface area contributed by atoms with Gasteiger partial charge in [-0.1, -0.05) is 72.8 Å². The quantitative estimate of drug-likeness (QED) is 0.132. The van der Waals surface area contributed by atoms with Crippen LogP contribution < -0.4 is 24.8 Å². The van der Waals surface area contributed by atoms with E-state index in [-0.39, 0.29) is 35.8 Å². The fourth-order valence-electron chi connectivity index (χ4n) is 10.6. The minimum atomic E-state index is -2.92. The maximum Gasteiger partial charge on any atom is 0.264 e. The standard InChI is InChI=1S/C47H55N7O6Si/c1-32-43(61(3,4)58)42(21-26-51-29-40(49-50-51)38(30-55)34-11-7-5-8-12-34)60-47(32)39-27-37(59-2)19-20-41(39)52(45(47)57)28-33-15-17-35(18-16-33)53-31-54(36-13-9-6-10-14-36)46(44(53)56)22-24-48-25-23-46/h5-20,27,29,32,38,42-43,48,55,58H,21-26,28,30-31H2,1-4H3/t32-,38?,42+,43-,47+/m1/s1. The number of hydrogen-bond acceptors (Lipinski definition) is 10. The first kappa shape index (κ1) is 41.0. The van der Waals surface area contributed by atoms with Crippen molar-refractivity contribution in [3.8, 4) is 5.75 Å². The number of nitrogens with one attached hydrogen (secondary N) is 1. The van der Waals surface area contributed by atoms with E-state index in [1.807, 2.05) is 122 Å². The summed E-state index contributed by atoms with van der Waals surface area (Å²) in [6.45, 7) is 8.55. The van der Waals surface area contributed by atoms with Crippen LogP contribution in [0.2, 0.25) is 18.6 Å². The number of hydrogen-bond donors (Lipinski definition) is 3. The molecule has 13 nitrogen and oxygen atoms in total. The van der Waals surface area contributed by atoms with E-state index in [9.17, 15) is 14.7 Å². The Kier molecular flexibility index (Phi) is 10.8. The third kappa shape index (κ3) is 7.03. The Hall–Kier alpha value is -5.38. The number of fused-ring (bicyclic) bond motifs is 2. The summed E-state index contributed by atoms with van der Waals surface area (Å²) in [6, 6.07) is 33.6. The molecule has 0 aliphatic carbocycles. The topological polar surface area (TPSA) is 146 Å². The second-order valence-corrected chi connectivity index (χ2v) is 21.5. The predicted octanol–water partition coefficient (Wildman–Crippen LogP) is 5.78. The molecule has 2 amide bonds. The second kappa shape index (κ2) is 16.1. The molecule has 3 fully saturated rings. The molecule has 5 heterocycles. The molecular weight excluding hydrogens is 787 g/mol. The summed E-state index contributed by atoms with van der Waals surface area (Å²) in [4.78, 5) is 47.3. The fraction of sp³-hybridized carbons (Fsp3) is 0.404. The highest BCUT2D eigenvalue weighted by Gasteiger charge is 2.66. The Labute approximate surface area is 358 Å². The van der Waals surface area contributed by atoms with Crippen LogP contribution in [0.1, 0.15) is 54.5 Å². The number of para-hydroxylation sites is 1. The molecule has 318 valence electrons. The zero-order valence-corrected chi connectivity index (χ0v) is 36.3. The monoisotopic (exact) mass is 841 g/mol.